The van der Waals surface area contributed by atoms with Crippen LogP contribution in [0.2, 0.25) is 5.02 Å². The summed E-state index contributed by atoms with van der Waals surface area (Å²) in [4.78, 5) is 40.7. The largest absolute Gasteiger partial charge is 0.508 e. The highest BCUT2D eigenvalue weighted by atomic mass is 35.5. The van der Waals surface area contributed by atoms with Crippen molar-refractivity contribution in [1.82, 2.24) is 10.2 Å². The predicted molar refractivity (Wildman–Crippen MR) is 136 cm³/mol. The number of phenolic OH excluding ortho intramolecular Hbond substituents is 1. The molecule has 0 radical (unpaired) electrons. The Labute approximate surface area is 211 Å². The zero-order chi connectivity index (χ0) is 26.5. The second-order valence-electron chi connectivity index (χ2n) is 9.73. The van der Waals surface area contributed by atoms with Gasteiger partial charge < -0.3 is 25.4 Å². The molecule has 2 atom stereocenters. The summed E-state index contributed by atoms with van der Waals surface area (Å²) in [7, 11) is 1.49. The Hall–Kier alpha value is -3.26. The summed E-state index contributed by atoms with van der Waals surface area (Å²) in [6.07, 6.45) is -0.727. The van der Waals surface area contributed by atoms with Gasteiger partial charge in [0.2, 0.25) is 5.91 Å². The first-order chi connectivity index (χ1) is 16.2. The maximum absolute atomic E-state index is 13.6. The molecule has 0 spiro atoms. The second kappa shape index (κ2) is 11.4. The van der Waals surface area contributed by atoms with Gasteiger partial charge in [-0.15, -0.1) is 0 Å². The van der Waals surface area contributed by atoms with E-state index in [1.165, 1.54) is 24.1 Å². The summed E-state index contributed by atoms with van der Waals surface area (Å²) in [6, 6.07) is 9.24. The van der Waals surface area contributed by atoms with E-state index in [1.54, 1.807) is 58.9 Å². The summed E-state index contributed by atoms with van der Waals surface area (Å²) < 4.78 is 5.32. The molecule has 0 aliphatic carbocycles. The minimum absolute atomic E-state index is 0.0236. The van der Waals surface area contributed by atoms with Crippen molar-refractivity contribution in [2.75, 3.05) is 12.4 Å². The molecule has 2 unspecified atom stereocenters. The lowest BCUT2D eigenvalue weighted by Crippen LogP contribution is -2.53. The Bertz CT molecular complexity index is 1040. The van der Waals surface area contributed by atoms with E-state index >= 15 is 0 Å². The van der Waals surface area contributed by atoms with Crippen LogP contribution < -0.4 is 10.6 Å². The van der Waals surface area contributed by atoms with Crippen LogP contribution in [0.3, 0.4) is 0 Å². The van der Waals surface area contributed by atoms with E-state index in [-0.39, 0.29) is 11.7 Å². The first-order valence-corrected chi connectivity index (χ1v) is 11.7. The van der Waals surface area contributed by atoms with Crippen LogP contribution in [0.25, 0.3) is 0 Å². The molecule has 8 nitrogen and oxygen atoms in total. The monoisotopic (exact) mass is 503 g/mol. The predicted octanol–water partition coefficient (Wildman–Crippen LogP) is 5.04. The number of ether oxygens (including phenoxy) is 1. The SMILES string of the molecule is Cc1cccc(Cl)c1NC(=O)C(c1ccc(O)cc1)N(C)C(=O)C(NC(=O)OC(C)(C)C)C(C)C. The van der Waals surface area contributed by atoms with Gasteiger partial charge in [-0.1, -0.05) is 49.7 Å². The average Bonchev–Trinajstić information content (AvgIpc) is 2.74. The zero-order valence-corrected chi connectivity index (χ0v) is 21.9. The van der Waals surface area contributed by atoms with Crippen LogP contribution in [0.15, 0.2) is 42.5 Å². The molecule has 0 heterocycles. The number of hydrogen-bond donors (Lipinski definition) is 3. The van der Waals surface area contributed by atoms with Gasteiger partial charge in [-0.2, -0.15) is 0 Å². The molecule has 3 amide bonds. The van der Waals surface area contributed by atoms with Crippen LogP contribution >= 0.6 is 11.6 Å². The van der Waals surface area contributed by atoms with Gasteiger partial charge in [0.05, 0.1) is 10.7 Å². The number of amides is 3. The van der Waals surface area contributed by atoms with Crippen molar-refractivity contribution in [1.29, 1.82) is 0 Å². The first-order valence-electron chi connectivity index (χ1n) is 11.3. The van der Waals surface area contributed by atoms with Crippen molar-refractivity contribution in [2.45, 2.75) is 59.2 Å². The number of hydrogen-bond acceptors (Lipinski definition) is 5. The molecule has 0 fully saturated rings. The Morgan fingerprint density at radius 3 is 2.17 bits per heavy atom. The minimum atomic E-state index is -1.07. The number of aryl methyl sites for hydroxylation is 1. The Balaban J connectivity index is 2.40. The van der Waals surface area contributed by atoms with Crippen LogP contribution in [-0.4, -0.2) is 46.6 Å². The van der Waals surface area contributed by atoms with Gasteiger partial charge in [-0.3, -0.25) is 9.59 Å². The molecular weight excluding hydrogens is 470 g/mol. The molecule has 2 aromatic carbocycles. The highest BCUT2D eigenvalue weighted by molar-refractivity contribution is 6.34. The Morgan fingerprint density at radius 1 is 1.06 bits per heavy atom. The third-order valence-electron chi connectivity index (χ3n) is 5.27. The number of alkyl carbamates (subject to hydrolysis) is 1. The number of anilines is 1. The van der Waals surface area contributed by atoms with Crippen LogP contribution in [0, 0.1) is 12.8 Å². The van der Waals surface area contributed by atoms with Gasteiger partial charge in [-0.25, -0.2) is 4.79 Å². The maximum Gasteiger partial charge on any atom is 0.408 e. The fourth-order valence-corrected chi connectivity index (χ4v) is 3.75. The van der Waals surface area contributed by atoms with Crippen LogP contribution in [0.4, 0.5) is 10.5 Å². The Morgan fingerprint density at radius 2 is 1.66 bits per heavy atom. The minimum Gasteiger partial charge on any atom is -0.508 e. The maximum atomic E-state index is 13.6. The van der Waals surface area contributed by atoms with Gasteiger partial charge >= 0.3 is 6.09 Å². The molecule has 2 rings (SSSR count). The van der Waals surface area contributed by atoms with E-state index in [1.807, 2.05) is 13.0 Å². The van der Waals surface area contributed by atoms with E-state index in [0.717, 1.165) is 5.56 Å². The number of para-hydroxylation sites is 1. The second-order valence-corrected chi connectivity index (χ2v) is 10.1. The molecule has 0 aromatic heterocycles. The number of carbonyl (C=O) groups is 3. The van der Waals surface area contributed by atoms with E-state index < -0.39 is 35.6 Å². The number of likely N-dealkylation sites (N-methyl/N-ethyl adjacent to an activating group) is 1. The van der Waals surface area contributed by atoms with E-state index in [0.29, 0.717) is 16.3 Å². The normalized spacial score (nSPS) is 13.1. The van der Waals surface area contributed by atoms with Gasteiger partial charge in [0.15, 0.2) is 0 Å². The van der Waals surface area contributed by atoms with Crippen molar-refractivity contribution in [3.8, 4) is 5.75 Å². The summed E-state index contributed by atoms with van der Waals surface area (Å²) in [5.41, 5.74) is 0.939. The molecular formula is C26H34ClN3O5. The van der Waals surface area contributed by atoms with Crippen molar-refractivity contribution >= 4 is 35.2 Å². The van der Waals surface area contributed by atoms with Crippen molar-refractivity contribution in [3.63, 3.8) is 0 Å². The molecule has 35 heavy (non-hydrogen) atoms. The van der Waals surface area contributed by atoms with Crippen LogP contribution in [0.5, 0.6) is 5.75 Å². The number of rotatable bonds is 7. The number of nitrogens with zero attached hydrogens (tertiary/aromatic N) is 1. The third-order valence-corrected chi connectivity index (χ3v) is 5.58. The molecule has 9 heteroatoms. The lowest BCUT2D eigenvalue weighted by molar-refractivity contribution is -0.140. The van der Waals surface area contributed by atoms with E-state index in [4.69, 9.17) is 16.3 Å². The molecule has 3 N–H and O–H groups in total. The number of halogens is 1. The highest BCUT2D eigenvalue weighted by Gasteiger charge is 2.35. The molecule has 2 aromatic rings. The quantitative estimate of drug-likeness (QED) is 0.490. The van der Waals surface area contributed by atoms with Gasteiger partial charge in [0, 0.05) is 7.05 Å². The van der Waals surface area contributed by atoms with Crippen LogP contribution in [0.1, 0.15) is 51.8 Å². The van der Waals surface area contributed by atoms with Gasteiger partial charge in [0.25, 0.3) is 5.91 Å². The molecule has 0 saturated heterocycles. The summed E-state index contributed by atoms with van der Waals surface area (Å²) in [5.74, 6) is -1.24. The van der Waals surface area contributed by atoms with Crippen molar-refractivity contribution in [2.24, 2.45) is 5.92 Å². The van der Waals surface area contributed by atoms with Gasteiger partial charge in [0.1, 0.15) is 23.4 Å². The van der Waals surface area contributed by atoms with E-state index in [9.17, 15) is 19.5 Å². The summed E-state index contributed by atoms with van der Waals surface area (Å²) in [6.45, 7) is 10.6. The third kappa shape index (κ3) is 7.62. The van der Waals surface area contributed by atoms with Crippen molar-refractivity contribution in [3.05, 3.63) is 58.6 Å². The van der Waals surface area contributed by atoms with Gasteiger partial charge in [-0.05, 0) is 62.9 Å². The number of nitrogens with one attached hydrogen (secondary N) is 2. The molecule has 0 aliphatic rings. The average molecular weight is 504 g/mol. The lowest BCUT2D eigenvalue weighted by Gasteiger charge is -2.33. The van der Waals surface area contributed by atoms with Crippen molar-refractivity contribution < 1.29 is 24.2 Å². The fraction of sp³-hybridized carbons (Fsp3) is 0.423. The topological polar surface area (TPSA) is 108 Å². The standard InChI is InChI=1S/C26H34ClN3O5/c1-15(2)20(29-25(34)35-26(4,5)6)24(33)30(7)22(17-11-13-18(31)14-12-17)23(32)28-21-16(3)9-8-10-19(21)27/h8-15,20,22,31H,1-7H3,(H,28,32)(H,29,34). The first kappa shape index (κ1) is 28.0. The van der Waals surface area contributed by atoms with Crippen LogP contribution in [-0.2, 0) is 14.3 Å². The highest BCUT2D eigenvalue weighted by Crippen LogP contribution is 2.29. The smallest absolute Gasteiger partial charge is 0.408 e. The number of aromatic hydroxyl groups is 1. The number of benzene rings is 2. The Kier molecular flexibility index (Phi) is 9.15. The molecule has 0 bridgehead atoms. The van der Waals surface area contributed by atoms with E-state index in [2.05, 4.69) is 10.6 Å². The summed E-state index contributed by atoms with van der Waals surface area (Å²) in [5, 5.41) is 15.5. The fourth-order valence-electron chi connectivity index (χ4n) is 3.48. The summed E-state index contributed by atoms with van der Waals surface area (Å²) >= 11 is 6.30. The molecule has 0 saturated carbocycles. The number of carbonyl (C=O) groups excluding carboxylic acids is 3. The number of phenols is 1. The lowest BCUT2D eigenvalue weighted by atomic mass is 9.99. The molecule has 0 aliphatic heterocycles. The zero-order valence-electron chi connectivity index (χ0n) is 21.2. The molecule has 190 valence electrons.